The van der Waals surface area contributed by atoms with Crippen molar-refractivity contribution in [2.45, 2.75) is 17.4 Å². The van der Waals surface area contributed by atoms with Gasteiger partial charge in [-0.2, -0.15) is 4.31 Å². The van der Waals surface area contributed by atoms with Crippen molar-refractivity contribution < 1.29 is 27.8 Å². The second-order valence-corrected chi connectivity index (χ2v) is 9.33. The van der Waals surface area contributed by atoms with E-state index in [0.29, 0.717) is 54.6 Å². The van der Waals surface area contributed by atoms with E-state index in [0.717, 1.165) is 11.6 Å². The Balaban J connectivity index is 1.71. The van der Waals surface area contributed by atoms with Crippen molar-refractivity contribution in [3.63, 3.8) is 0 Å². The highest BCUT2D eigenvalue weighted by Gasteiger charge is 2.30. The fourth-order valence-corrected chi connectivity index (χ4v) is 5.56. The van der Waals surface area contributed by atoms with E-state index >= 15 is 0 Å². The van der Waals surface area contributed by atoms with Crippen molar-refractivity contribution in [2.75, 3.05) is 26.3 Å². The van der Waals surface area contributed by atoms with Crippen LogP contribution in [0.1, 0.15) is 5.56 Å². The highest BCUT2D eigenvalue weighted by Crippen LogP contribution is 2.41. The number of fused-ring (bicyclic) bond motifs is 1. The highest BCUT2D eigenvalue weighted by atomic mass is 35.5. The summed E-state index contributed by atoms with van der Waals surface area (Å²) in [5.74, 6) is -0.558. The SMILES string of the molecule is O=C(O)C=CC1Cc2cc(-c3ccccc3S(=O)(=O)N3CCOCC3)cc(Cl)c2O1. The Kier molecular flexibility index (Phi) is 5.84. The van der Waals surface area contributed by atoms with Crippen molar-refractivity contribution >= 4 is 27.6 Å². The predicted octanol–water partition coefficient (Wildman–Crippen LogP) is 2.97. The van der Waals surface area contributed by atoms with Crippen molar-refractivity contribution in [1.29, 1.82) is 0 Å². The summed E-state index contributed by atoms with van der Waals surface area (Å²) in [5.41, 5.74) is 2.02. The Morgan fingerprint density at radius 3 is 2.67 bits per heavy atom. The molecule has 158 valence electrons. The Morgan fingerprint density at radius 2 is 1.93 bits per heavy atom. The van der Waals surface area contributed by atoms with Crippen LogP contribution in [-0.4, -0.2) is 56.2 Å². The molecule has 2 aliphatic heterocycles. The summed E-state index contributed by atoms with van der Waals surface area (Å²) in [6, 6.07) is 10.4. The van der Waals surface area contributed by atoms with Crippen LogP contribution in [0.3, 0.4) is 0 Å². The lowest BCUT2D eigenvalue weighted by Gasteiger charge is -2.27. The van der Waals surface area contributed by atoms with E-state index < -0.39 is 22.1 Å². The fourth-order valence-electron chi connectivity index (χ4n) is 3.65. The first-order valence-corrected chi connectivity index (χ1v) is 11.3. The molecule has 0 spiro atoms. The van der Waals surface area contributed by atoms with Crippen LogP contribution in [0.2, 0.25) is 5.02 Å². The van der Waals surface area contributed by atoms with E-state index in [2.05, 4.69) is 0 Å². The largest absolute Gasteiger partial charge is 0.484 e. The summed E-state index contributed by atoms with van der Waals surface area (Å²) in [7, 11) is -3.69. The molecule has 2 aromatic carbocycles. The first kappa shape index (κ1) is 20.9. The van der Waals surface area contributed by atoms with E-state index in [1.165, 1.54) is 10.4 Å². The summed E-state index contributed by atoms with van der Waals surface area (Å²) in [6.07, 6.45) is 2.52. The van der Waals surface area contributed by atoms with E-state index in [4.69, 9.17) is 26.2 Å². The van der Waals surface area contributed by atoms with Gasteiger partial charge in [0, 0.05) is 36.7 Å². The molecule has 2 heterocycles. The molecule has 1 fully saturated rings. The van der Waals surface area contributed by atoms with Gasteiger partial charge in [0.05, 0.1) is 23.1 Å². The predicted molar refractivity (Wildman–Crippen MR) is 111 cm³/mol. The van der Waals surface area contributed by atoms with Crippen molar-refractivity contribution in [1.82, 2.24) is 4.31 Å². The number of aliphatic carboxylic acids is 1. The molecule has 0 aromatic heterocycles. The van der Waals surface area contributed by atoms with E-state index in [9.17, 15) is 13.2 Å². The molecule has 1 unspecified atom stereocenters. The number of morpholine rings is 1. The minimum Gasteiger partial charge on any atom is -0.484 e. The Morgan fingerprint density at radius 1 is 1.20 bits per heavy atom. The first-order chi connectivity index (χ1) is 14.4. The highest BCUT2D eigenvalue weighted by molar-refractivity contribution is 7.89. The maximum atomic E-state index is 13.2. The molecule has 9 heteroatoms. The van der Waals surface area contributed by atoms with Gasteiger partial charge in [0.2, 0.25) is 10.0 Å². The summed E-state index contributed by atoms with van der Waals surface area (Å²) in [6.45, 7) is 1.36. The van der Waals surface area contributed by atoms with Crippen molar-refractivity contribution in [3.8, 4) is 16.9 Å². The third kappa shape index (κ3) is 4.09. The Hall–Kier alpha value is -2.39. The number of carboxylic acids is 1. The summed E-state index contributed by atoms with van der Waals surface area (Å²) < 4.78 is 39.0. The van der Waals surface area contributed by atoms with Crippen LogP contribution < -0.4 is 4.74 Å². The number of carbonyl (C=O) groups is 1. The molecule has 7 nitrogen and oxygen atoms in total. The molecule has 0 amide bonds. The zero-order valence-electron chi connectivity index (χ0n) is 16.0. The van der Waals surface area contributed by atoms with Gasteiger partial charge in [-0.25, -0.2) is 13.2 Å². The average Bonchev–Trinajstić information content (AvgIpc) is 3.17. The molecule has 0 saturated carbocycles. The maximum Gasteiger partial charge on any atom is 0.328 e. The number of halogens is 1. The standard InChI is InChI=1S/C21H20ClNO6S/c22-18-13-14(11-15-12-16(29-21(15)18)5-6-20(24)25)17-3-1-2-4-19(17)30(26,27)23-7-9-28-10-8-23/h1-6,11,13,16H,7-10,12H2,(H,24,25). The minimum absolute atomic E-state index is 0.212. The lowest BCUT2D eigenvalue weighted by atomic mass is 10.0. The number of ether oxygens (including phenoxy) is 2. The van der Waals surface area contributed by atoms with Crippen LogP contribution in [0.4, 0.5) is 0 Å². The van der Waals surface area contributed by atoms with Crippen LogP contribution in [0.15, 0.2) is 53.4 Å². The normalized spacial score (nSPS) is 19.6. The molecule has 2 aliphatic rings. The summed E-state index contributed by atoms with van der Waals surface area (Å²) >= 11 is 6.43. The van der Waals surface area contributed by atoms with Crippen molar-refractivity contribution in [2.24, 2.45) is 0 Å². The summed E-state index contributed by atoms with van der Waals surface area (Å²) in [5, 5.41) is 9.17. The van der Waals surface area contributed by atoms with Gasteiger partial charge in [0.25, 0.3) is 0 Å². The smallest absolute Gasteiger partial charge is 0.328 e. The van der Waals surface area contributed by atoms with E-state index in [-0.39, 0.29) is 4.90 Å². The molecule has 1 saturated heterocycles. The number of benzene rings is 2. The van der Waals surface area contributed by atoms with Crippen LogP contribution in [0.5, 0.6) is 5.75 Å². The number of hydrogen-bond acceptors (Lipinski definition) is 5. The number of hydrogen-bond donors (Lipinski definition) is 1. The average molecular weight is 450 g/mol. The third-order valence-corrected chi connectivity index (χ3v) is 7.29. The van der Waals surface area contributed by atoms with Crippen LogP contribution in [0, 0.1) is 0 Å². The Labute approximate surface area is 179 Å². The van der Waals surface area contributed by atoms with Gasteiger partial charge in [-0.1, -0.05) is 29.8 Å². The molecular formula is C21H20ClNO6S. The molecular weight excluding hydrogens is 430 g/mol. The van der Waals surface area contributed by atoms with Gasteiger partial charge < -0.3 is 14.6 Å². The molecule has 0 aliphatic carbocycles. The lowest BCUT2D eigenvalue weighted by Crippen LogP contribution is -2.40. The second-order valence-electron chi connectivity index (χ2n) is 7.02. The van der Waals surface area contributed by atoms with Gasteiger partial charge in [-0.3, -0.25) is 0 Å². The van der Waals surface area contributed by atoms with Gasteiger partial charge in [0.15, 0.2) is 0 Å². The second kappa shape index (κ2) is 8.39. The monoisotopic (exact) mass is 449 g/mol. The number of nitrogens with zero attached hydrogens (tertiary/aromatic N) is 1. The van der Waals surface area contributed by atoms with E-state index in [1.807, 2.05) is 6.07 Å². The van der Waals surface area contributed by atoms with Crippen LogP contribution in [-0.2, 0) is 26.0 Å². The zero-order valence-corrected chi connectivity index (χ0v) is 17.5. The topological polar surface area (TPSA) is 93.1 Å². The fraction of sp³-hybridized carbons (Fsp3) is 0.286. The molecule has 30 heavy (non-hydrogen) atoms. The number of carboxylic acid groups (broad SMARTS) is 1. The first-order valence-electron chi connectivity index (χ1n) is 9.44. The van der Waals surface area contributed by atoms with E-state index in [1.54, 1.807) is 30.3 Å². The van der Waals surface area contributed by atoms with Gasteiger partial charge in [-0.15, -0.1) is 0 Å². The van der Waals surface area contributed by atoms with Crippen molar-refractivity contribution in [3.05, 3.63) is 59.1 Å². The Bertz CT molecular complexity index is 1110. The molecule has 0 radical (unpaired) electrons. The number of sulfonamides is 1. The minimum atomic E-state index is -3.69. The molecule has 1 atom stereocenters. The molecule has 4 rings (SSSR count). The quantitative estimate of drug-likeness (QED) is 0.705. The van der Waals surface area contributed by atoms with Gasteiger partial charge in [0.1, 0.15) is 11.9 Å². The maximum absolute atomic E-state index is 13.2. The number of rotatable bonds is 5. The molecule has 2 aromatic rings. The van der Waals surface area contributed by atoms with Crippen LogP contribution >= 0.6 is 11.6 Å². The van der Waals surface area contributed by atoms with Crippen LogP contribution in [0.25, 0.3) is 11.1 Å². The molecule has 0 bridgehead atoms. The van der Waals surface area contributed by atoms with Gasteiger partial charge in [-0.05, 0) is 29.8 Å². The summed E-state index contributed by atoms with van der Waals surface area (Å²) in [4.78, 5) is 11.0. The third-order valence-electron chi connectivity index (χ3n) is 5.05. The molecule has 1 N–H and O–H groups in total. The zero-order chi connectivity index (χ0) is 21.3. The lowest BCUT2D eigenvalue weighted by molar-refractivity contribution is -0.131. The van der Waals surface area contributed by atoms with Gasteiger partial charge >= 0.3 is 5.97 Å².